The number of ether oxygens (including phenoxy) is 3. The van der Waals surface area contributed by atoms with Gasteiger partial charge in [-0.05, 0) is 54.8 Å². The normalized spacial score (nSPS) is 19.1. The summed E-state index contributed by atoms with van der Waals surface area (Å²) in [5.74, 6) is 2.38. The average Bonchev–Trinajstić information content (AvgIpc) is 3.06. The highest BCUT2D eigenvalue weighted by atomic mass is 16.5. The van der Waals surface area contributed by atoms with Crippen LogP contribution in [-0.4, -0.2) is 37.7 Å². The van der Waals surface area contributed by atoms with E-state index < -0.39 is 0 Å². The second-order valence-corrected chi connectivity index (χ2v) is 6.64. The van der Waals surface area contributed by atoms with Gasteiger partial charge in [0.05, 0.1) is 26.4 Å². The van der Waals surface area contributed by atoms with E-state index in [9.17, 15) is 4.79 Å². The van der Waals surface area contributed by atoms with Crippen molar-refractivity contribution in [2.24, 2.45) is 0 Å². The highest BCUT2D eigenvalue weighted by Crippen LogP contribution is 2.38. The first-order chi connectivity index (χ1) is 12.8. The fourth-order valence-corrected chi connectivity index (χ4v) is 3.64. The Hall–Kier alpha value is -2.69. The van der Waals surface area contributed by atoms with E-state index in [0.29, 0.717) is 18.8 Å². The van der Waals surface area contributed by atoms with Gasteiger partial charge in [-0.1, -0.05) is 6.07 Å². The highest BCUT2D eigenvalue weighted by Gasteiger charge is 2.31. The van der Waals surface area contributed by atoms with Crippen LogP contribution in [0.5, 0.6) is 17.2 Å². The predicted molar refractivity (Wildman–Crippen MR) is 98.1 cm³/mol. The molecule has 1 saturated heterocycles. The molecule has 0 bridgehead atoms. The number of carbonyl (C=O) groups excluding carboxylic acids is 1. The van der Waals surface area contributed by atoms with Crippen LogP contribution < -0.4 is 14.2 Å². The van der Waals surface area contributed by atoms with Gasteiger partial charge in [-0.2, -0.15) is 0 Å². The Morgan fingerprint density at radius 3 is 2.58 bits per heavy atom. The number of hydrogen-bond acceptors (Lipinski definition) is 4. The van der Waals surface area contributed by atoms with Gasteiger partial charge < -0.3 is 19.1 Å². The van der Waals surface area contributed by atoms with Crippen molar-refractivity contribution < 1.29 is 19.0 Å². The summed E-state index contributed by atoms with van der Waals surface area (Å²) in [6.07, 6.45) is 2.85. The van der Waals surface area contributed by atoms with Gasteiger partial charge in [-0.15, -0.1) is 0 Å². The van der Waals surface area contributed by atoms with E-state index in [1.54, 1.807) is 7.11 Å². The predicted octanol–water partition coefficient (Wildman–Crippen LogP) is 3.83. The maximum absolute atomic E-state index is 13.0. The van der Waals surface area contributed by atoms with Crippen LogP contribution in [0.25, 0.3) is 0 Å². The maximum atomic E-state index is 13.0. The molecular formula is C21H23NO4. The summed E-state index contributed by atoms with van der Waals surface area (Å²) in [5.41, 5.74) is 1.79. The lowest BCUT2D eigenvalue weighted by Crippen LogP contribution is -2.30. The second-order valence-electron chi connectivity index (χ2n) is 6.64. The Balaban J connectivity index is 1.58. The number of nitrogens with zero attached hydrogens (tertiary/aromatic N) is 1. The third kappa shape index (κ3) is 3.21. The molecule has 2 aromatic rings. The Morgan fingerprint density at radius 1 is 1.04 bits per heavy atom. The molecule has 1 atom stereocenters. The first kappa shape index (κ1) is 16.8. The van der Waals surface area contributed by atoms with Gasteiger partial charge in [0.1, 0.15) is 5.75 Å². The molecule has 5 heteroatoms. The largest absolute Gasteiger partial charge is 0.497 e. The number of fused-ring (bicyclic) bond motifs is 1. The number of benzene rings is 2. The van der Waals surface area contributed by atoms with Crippen molar-refractivity contribution >= 4 is 5.91 Å². The van der Waals surface area contributed by atoms with Crippen molar-refractivity contribution in [2.75, 3.05) is 26.9 Å². The van der Waals surface area contributed by atoms with Gasteiger partial charge in [-0.25, -0.2) is 0 Å². The zero-order valence-electron chi connectivity index (χ0n) is 14.9. The number of rotatable bonds is 3. The summed E-state index contributed by atoms with van der Waals surface area (Å²) < 4.78 is 16.7. The fraction of sp³-hybridized carbons (Fsp3) is 0.381. The Labute approximate surface area is 153 Å². The minimum Gasteiger partial charge on any atom is -0.497 e. The molecule has 2 aliphatic rings. The molecule has 0 aromatic heterocycles. The van der Waals surface area contributed by atoms with Gasteiger partial charge in [-0.3, -0.25) is 4.79 Å². The van der Waals surface area contributed by atoms with Gasteiger partial charge in [0.25, 0.3) is 5.91 Å². The third-order valence-corrected chi connectivity index (χ3v) is 5.01. The molecule has 26 heavy (non-hydrogen) atoms. The van der Waals surface area contributed by atoms with Crippen LogP contribution in [0.15, 0.2) is 42.5 Å². The van der Waals surface area contributed by atoms with E-state index in [2.05, 4.69) is 6.07 Å². The van der Waals surface area contributed by atoms with Crippen LogP contribution >= 0.6 is 0 Å². The molecule has 1 amide bonds. The molecule has 2 aromatic carbocycles. The molecular weight excluding hydrogens is 330 g/mol. The second kappa shape index (κ2) is 7.28. The van der Waals surface area contributed by atoms with Crippen LogP contribution in [-0.2, 0) is 0 Å². The maximum Gasteiger partial charge on any atom is 0.254 e. The zero-order valence-corrected chi connectivity index (χ0v) is 14.9. The van der Waals surface area contributed by atoms with E-state index in [0.717, 1.165) is 48.6 Å². The molecule has 0 N–H and O–H groups in total. The quantitative estimate of drug-likeness (QED) is 0.841. The molecule has 1 fully saturated rings. The van der Waals surface area contributed by atoms with E-state index in [1.807, 2.05) is 41.3 Å². The monoisotopic (exact) mass is 353 g/mol. The van der Waals surface area contributed by atoms with Crippen LogP contribution in [0.2, 0.25) is 0 Å². The molecule has 5 nitrogen and oxygen atoms in total. The lowest BCUT2D eigenvalue weighted by Gasteiger charge is -2.26. The van der Waals surface area contributed by atoms with E-state index in [-0.39, 0.29) is 11.9 Å². The summed E-state index contributed by atoms with van der Waals surface area (Å²) in [6, 6.07) is 13.4. The minimum absolute atomic E-state index is 0.0577. The molecule has 2 aliphatic heterocycles. The minimum atomic E-state index is 0.0577. The number of methoxy groups -OCH3 is 1. The van der Waals surface area contributed by atoms with Gasteiger partial charge >= 0.3 is 0 Å². The number of hydrogen-bond donors (Lipinski definition) is 0. The fourth-order valence-electron chi connectivity index (χ4n) is 3.64. The SMILES string of the molecule is COc1ccc(C(=O)N2CCC[C@H]2c2ccc3c(c2)OCCCO3)cc1. The van der Waals surface area contributed by atoms with Crippen molar-refractivity contribution in [3.63, 3.8) is 0 Å². The first-order valence-electron chi connectivity index (χ1n) is 9.11. The zero-order chi connectivity index (χ0) is 17.9. The molecule has 2 heterocycles. The Kier molecular flexibility index (Phi) is 4.69. The third-order valence-electron chi connectivity index (χ3n) is 5.01. The van der Waals surface area contributed by atoms with E-state index in [4.69, 9.17) is 14.2 Å². The van der Waals surface area contributed by atoms with Crippen LogP contribution in [0.4, 0.5) is 0 Å². The van der Waals surface area contributed by atoms with Crippen LogP contribution in [0.3, 0.4) is 0 Å². The van der Waals surface area contributed by atoms with Crippen molar-refractivity contribution in [3.05, 3.63) is 53.6 Å². The molecule has 0 spiro atoms. The van der Waals surface area contributed by atoms with Crippen molar-refractivity contribution in [1.29, 1.82) is 0 Å². The molecule has 0 aliphatic carbocycles. The number of carbonyl (C=O) groups is 1. The summed E-state index contributed by atoms with van der Waals surface area (Å²) in [4.78, 5) is 15.0. The lowest BCUT2D eigenvalue weighted by molar-refractivity contribution is 0.0735. The smallest absolute Gasteiger partial charge is 0.254 e. The summed E-state index contributed by atoms with van der Waals surface area (Å²) >= 11 is 0. The Morgan fingerprint density at radius 2 is 1.81 bits per heavy atom. The summed E-state index contributed by atoms with van der Waals surface area (Å²) in [5, 5.41) is 0. The summed E-state index contributed by atoms with van der Waals surface area (Å²) in [6.45, 7) is 2.11. The van der Waals surface area contributed by atoms with Crippen molar-refractivity contribution in [1.82, 2.24) is 4.90 Å². The number of likely N-dealkylation sites (tertiary alicyclic amines) is 1. The van der Waals surface area contributed by atoms with Gasteiger partial charge in [0.15, 0.2) is 11.5 Å². The molecule has 4 rings (SSSR count). The molecule has 0 radical (unpaired) electrons. The molecule has 0 unspecified atom stereocenters. The standard InChI is InChI=1S/C21H23NO4/c1-24-17-8-5-15(6-9-17)21(23)22-11-2-4-18(22)16-7-10-19-20(14-16)26-13-3-12-25-19/h5-10,14,18H,2-4,11-13H2,1H3/t18-/m0/s1. The summed E-state index contributed by atoms with van der Waals surface area (Å²) in [7, 11) is 1.62. The first-order valence-corrected chi connectivity index (χ1v) is 9.11. The Bertz CT molecular complexity index is 787. The molecule has 136 valence electrons. The van der Waals surface area contributed by atoms with E-state index in [1.165, 1.54) is 0 Å². The van der Waals surface area contributed by atoms with E-state index >= 15 is 0 Å². The van der Waals surface area contributed by atoms with Crippen LogP contribution in [0, 0.1) is 0 Å². The molecule has 0 saturated carbocycles. The lowest BCUT2D eigenvalue weighted by atomic mass is 10.0. The van der Waals surface area contributed by atoms with Gasteiger partial charge in [0, 0.05) is 18.5 Å². The van der Waals surface area contributed by atoms with Crippen molar-refractivity contribution in [3.8, 4) is 17.2 Å². The van der Waals surface area contributed by atoms with Gasteiger partial charge in [0.2, 0.25) is 0 Å². The average molecular weight is 353 g/mol. The topological polar surface area (TPSA) is 48.0 Å². The van der Waals surface area contributed by atoms with Crippen molar-refractivity contribution in [2.45, 2.75) is 25.3 Å². The van der Waals surface area contributed by atoms with Crippen LogP contribution in [0.1, 0.15) is 41.2 Å². The highest BCUT2D eigenvalue weighted by molar-refractivity contribution is 5.94. The number of amides is 1.